The van der Waals surface area contributed by atoms with Crippen molar-refractivity contribution in [1.29, 1.82) is 0 Å². The summed E-state index contributed by atoms with van der Waals surface area (Å²) in [7, 11) is 0. The van der Waals surface area contributed by atoms with Gasteiger partial charge in [-0.25, -0.2) is 4.79 Å². The second-order valence-electron chi connectivity index (χ2n) is 6.27. The van der Waals surface area contributed by atoms with Gasteiger partial charge in [0, 0.05) is 5.56 Å². The van der Waals surface area contributed by atoms with Crippen LogP contribution >= 0.6 is 23.2 Å². The Labute approximate surface area is 141 Å². The molecule has 0 saturated heterocycles. The number of esters is 1. The van der Waals surface area contributed by atoms with Crippen molar-refractivity contribution in [3.05, 3.63) is 63.1 Å². The molecule has 0 saturated carbocycles. The highest BCUT2D eigenvalue weighted by molar-refractivity contribution is 6.42. The molecule has 4 heteroatoms. The fourth-order valence-electron chi connectivity index (χ4n) is 2.10. The second-order valence-corrected chi connectivity index (χ2v) is 7.08. The molecule has 22 heavy (non-hydrogen) atoms. The van der Waals surface area contributed by atoms with Gasteiger partial charge >= 0.3 is 5.97 Å². The minimum absolute atomic E-state index is 0.126. The molecule has 0 heterocycles. The molecule has 0 fully saturated rings. The van der Waals surface area contributed by atoms with Crippen LogP contribution in [-0.4, -0.2) is 5.97 Å². The summed E-state index contributed by atoms with van der Waals surface area (Å²) in [6.45, 7) is 8.26. The number of hydrogen-bond donors (Lipinski definition) is 0. The van der Waals surface area contributed by atoms with E-state index in [1.54, 1.807) is 12.1 Å². The first-order valence-electron chi connectivity index (χ1n) is 6.97. The smallest absolute Gasteiger partial charge is 0.343 e. The number of carbonyl (C=O) groups is 1. The average molecular weight is 337 g/mol. The van der Waals surface area contributed by atoms with E-state index < -0.39 is 5.97 Å². The van der Waals surface area contributed by atoms with E-state index in [9.17, 15) is 4.79 Å². The van der Waals surface area contributed by atoms with Gasteiger partial charge in [-0.05, 0) is 36.6 Å². The standard InChI is InChI=1S/C18H18Cl2O2/c1-11-5-8-16(13(9-11)18(2,3)4)22-17(21)12-6-7-14(19)15(20)10-12/h5-10H,1-4H3. The molecule has 2 rings (SSSR count). The zero-order chi connectivity index (χ0) is 16.5. The molecule has 0 aliphatic carbocycles. The van der Waals surface area contributed by atoms with Crippen molar-refractivity contribution in [3.63, 3.8) is 0 Å². The van der Waals surface area contributed by atoms with Gasteiger partial charge in [0.1, 0.15) is 5.75 Å². The molecule has 0 N–H and O–H groups in total. The van der Waals surface area contributed by atoms with E-state index in [0.717, 1.165) is 11.1 Å². The van der Waals surface area contributed by atoms with Gasteiger partial charge in [0.05, 0.1) is 15.6 Å². The lowest BCUT2D eigenvalue weighted by Gasteiger charge is -2.22. The molecule has 0 amide bonds. The van der Waals surface area contributed by atoms with Gasteiger partial charge in [-0.3, -0.25) is 0 Å². The number of hydrogen-bond acceptors (Lipinski definition) is 2. The summed E-state index contributed by atoms with van der Waals surface area (Å²) in [5.74, 6) is 0.113. The van der Waals surface area contributed by atoms with E-state index in [-0.39, 0.29) is 5.41 Å². The molecule has 0 atom stereocenters. The van der Waals surface area contributed by atoms with Crippen molar-refractivity contribution >= 4 is 29.2 Å². The Morgan fingerprint density at radius 2 is 1.68 bits per heavy atom. The highest BCUT2D eigenvalue weighted by Crippen LogP contribution is 2.33. The van der Waals surface area contributed by atoms with Crippen LogP contribution in [0.4, 0.5) is 0 Å². The largest absolute Gasteiger partial charge is 0.423 e. The quantitative estimate of drug-likeness (QED) is 0.510. The number of halogens is 2. The van der Waals surface area contributed by atoms with Crippen molar-refractivity contribution in [3.8, 4) is 5.75 Å². The number of ether oxygens (including phenoxy) is 1. The predicted molar refractivity (Wildman–Crippen MR) is 91.3 cm³/mol. The Morgan fingerprint density at radius 1 is 1.00 bits per heavy atom. The first-order chi connectivity index (χ1) is 10.2. The molecule has 0 aliphatic heterocycles. The van der Waals surface area contributed by atoms with Crippen LogP contribution < -0.4 is 4.74 Å². The average Bonchev–Trinajstić information content (AvgIpc) is 2.42. The summed E-state index contributed by atoms with van der Waals surface area (Å²) in [4.78, 5) is 12.3. The maximum Gasteiger partial charge on any atom is 0.343 e. The molecule has 0 unspecified atom stereocenters. The maximum atomic E-state index is 12.3. The van der Waals surface area contributed by atoms with Crippen molar-refractivity contribution in [1.82, 2.24) is 0 Å². The Balaban J connectivity index is 2.34. The molecule has 2 aromatic rings. The van der Waals surface area contributed by atoms with Crippen LogP contribution in [0.2, 0.25) is 10.0 Å². The normalized spacial score (nSPS) is 11.4. The van der Waals surface area contributed by atoms with Crippen LogP contribution in [0.3, 0.4) is 0 Å². The zero-order valence-electron chi connectivity index (χ0n) is 13.0. The van der Waals surface area contributed by atoms with Gasteiger partial charge in [-0.1, -0.05) is 61.7 Å². The van der Waals surface area contributed by atoms with Crippen LogP contribution in [-0.2, 0) is 5.41 Å². The van der Waals surface area contributed by atoms with Crippen LogP contribution in [0.15, 0.2) is 36.4 Å². The van der Waals surface area contributed by atoms with Gasteiger partial charge in [0.15, 0.2) is 0 Å². The molecular weight excluding hydrogens is 319 g/mol. The van der Waals surface area contributed by atoms with E-state index in [2.05, 4.69) is 20.8 Å². The minimum atomic E-state index is -0.451. The molecule has 0 aliphatic rings. The van der Waals surface area contributed by atoms with Crippen LogP contribution in [0, 0.1) is 6.92 Å². The Morgan fingerprint density at radius 3 is 2.27 bits per heavy atom. The van der Waals surface area contributed by atoms with Crippen molar-refractivity contribution < 1.29 is 9.53 Å². The van der Waals surface area contributed by atoms with Gasteiger partial charge < -0.3 is 4.74 Å². The lowest BCUT2D eigenvalue weighted by molar-refractivity contribution is 0.0732. The fraction of sp³-hybridized carbons (Fsp3) is 0.278. The number of carbonyl (C=O) groups excluding carboxylic acids is 1. The van der Waals surface area contributed by atoms with E-state index in [1.165, 1.54) is 6.07 Å². The third-order valence-corrected chi connectivity index (χ3v) is 4.04. The summed E-state index contributed by atoms with van der Waals surface area (Å²) in [5.41, 5.74) is 2.36. The SMILES string of the molecule is Cc1ccc(OC(=O)c2ccc(Cl)c(Cl)c2)c(C(C)(C)C)c1. The molecule has 116 valence electrons. The van der Waals surface area contributed by atoms with Gasteiger partial charge in [0.25, 0.3) is 0 Å². The van der Waals surface area contributed by atoms with Gasteiger partial charge in [-0.15, -0.1) is 0 Å². The predicted octanol–water partition coefficient (Wildman–Crippen LogP) is 5.82. The topological polar surface area (TPSA) is 26.3 Å². The monoisotopic (exact) mass is 336 g/mol. The molecule has 0 aromatic heterocycles. The number of rotatable bonds is 2. The molecule has 0 spiro atoms. The second kappa shape index (κ2) is 6.31. The summed E-state index contributed by atoms with van der Waals surface area (Å²) in [5, 5.41) is 0.736. The highest BCUT2D eigenvalue weighted by Gasteiger charge is 2.21. The number of benzene rings is 2. The first-order valence-corrected chi connectivity index (χ1v) is 7.72. The van der Waals surface area contributed by atoms with E-state index >= 15 is 0 Å². The van der Waals surface area contributed by atoms with E-state index in [1.807, 2.05) is 25.1 Å². The Hall–Kier alpha value is -1.51. The van der Waals surface area contributed by atoms with E-state index in [4.69, 9.17) is 27.9 Å². The summed E-state index contributed by atoms with van der Waals surface area (Å²) >= 11 is 11.8. The summed E-state index contributed by atoms with van der Waals surface area (Å²) < 4.78 is 5.57. The van der Waals surface area contributed by atoms with Crippen molar-refractivity contribution in [2.45, 2.75) is 33.1 Å². The van der Waals surface area contributed by atoms with Crippen LogP contribution in [0.5, 0.6) is 5.75 Å². The third-order valence-electron chi connectivity index (χ3n) is 3.30. The molecule has 0 bridgehead atoms. The maximum absolute atomic E-state index is 12.3. The van der Waals surface area contributed by atoms with Crippen molar-refractivity contribution in [2.75, 3.05) is 0 Å². The van der Waals surface area contributed by atoms with Crippen molar-refractivity contribution in [2.24, 2.45) is 0 Å². The zero-order valence-corrected chi connectivity index (χ0v) is 14.5. The summed E-state index contributed by atoms with van der Waals surface area (Å²) in [6.07, 6.45) is 0. The number of aryl methyl sites for hydroxylation is 1. The Bertz CT molecular complexity index is 716. The van der Waals surface area contributed by atoms with E-state index in [0.29, 0.717) is 21.4 Å². The molecule has 2 nitrogen and oxygen atoms in total. The fourth-order valence-corrected chi connectivity index (χ4v) is 2.40. The van der Waals surface area contributed by atoms with Gasteiger partial charge in [-0.2, -0.15) is 0 Å². The third kappa shape index (κ3) is 3.82. The summed E-state index contributed by atoms with van der Waals surface area (Å²) in [6, 6.07) is 10.5. The highest BCUT2D eigenvalue weighted by atomic mass is 35.5. The molecule has 0 radical (unpaired) electrons. The molecular formula is C18H18Cl2O2. The van der Waals surface area contributed by atoms with Gasteiger partial charge in [0.2, 0.25) is 0 Å². The molecule has 2 aromatic carbocycles. The Kier molecular flexibility index (Phi) is 4.84. The lowest BCUT2D eigenvalue weighted by atomic mass is 9.85. The van der Waals surface area contributed by atoms with Crippen LogP contribution in [0.1, 0.15) is 42.3 Å². The van der Waals surface area contributed by atoms with Crippen LogP contribution in [0.25, 0.3) is 0 Å². The lowest BCUT2D eigenvalue weighted by Crippen LogP contribution is -2.16. The minimum Gasteiger partial charge on any atom is -0.423 e. The first kappa shape index (κ1) is 16.9.